The molecule has 1 saturated heterocycles. The standard InChI is InChI=1S/C29H24BF4N3O6/c1-42-26-23-19(25(38)20(29(41)43-30(33)34)13-36(23)16-8-9-16)11-21(31)24(26)35-10-4-5-15(12-35)22(32)14-37-27(39)17-6-2-3-7-18(17)28(37)40/h2-3,6-7,11,13,16H,4-5,8-10,12,14H2,1H3/b22-15+. The minimum Gasteiger partial charge on any atom is -0.492 e. The van der Waals surface area contributed by atoms with Crippen molar-refractivity contribution >= 4 is 41.8 Å². The van der Waals surface area contributed by atoms with Crippen LogP contribution in [0.25, 0.3) is 10.9 Å². The van der Waals surface area contributed by atoms with Crippen LogP contribution < -0.4 is 15.1 Å². The summed E-state index contributed by atoms with van der Waals surface area (Å²) < 4.78 is 68.0. The number of ether oxygens (including phenoxy) is 1. The van der Waals surface area contributed by atoms with Crippen LogP contribution >= 0.6 is 0 Å². The molecule has 222 valence electrons. The topological polar surface area (TPSA) is 98.2 Å². The molecular formula is C29H24BF4N3O6. The van der Waals surface area contributed by atoms with Crippen molar-refractivity contribution in [3.63, 3.8) is 0 Å². The van der Waals surface area contributed by atoms with Crippen molar-refractivity contribution in [1.82, 2.24) is 9.47 Å². The Hall–Kier alpha value is -4.62. The van der Waals surface area contributed by atoms with Gasteiger partial charge in [0, 0.05) is 25.3 Å². The van der Waals surface area contributed by atoms with Gasteiger partial charge < -0.3 is 18.9 Å². The molecule has 0 unspecified atom stereocenters. The summed E-state index contributed by atoms with van der Waals surface area (Å²) in [7, 11) is -2.16. The first-order valence-corrected chi connectivity index (χ1v) is 13.6. The lowest BCUT2D eigenvalue weighted by atomic mass is 10.0. The molecule has 0 bridgehead atoms. The Morgan fingerprint density at radius 3 is 2.37 bits per heavy atom. The lowest BCUT2D eigenvalue weighted by Gasteiger charge is -2.33. The number of piperidine rings is 1. The van der Waals surface area contributed by atoms with Crippen LogP contribution in [0.5, 0.6) is 5.75 Å². The summed E-state index contributed by atoms with van der Waals surface area (Å²) in [5.74, 6) is -4.34. The predicted molar refractivity (Wildman–Crippen MR) is 148 cm³/mol. The van der Waals surface area contributed by atoms with E-state index in [-0.39, 0.29) is 51.6 Å². The summed E-state index contributed by atoms with van der Waals surface area (Å²) in [6.45, 7) is -0.346. The van der Waals surface area contributed by atoms with Crippen molar-refractivity contribution in [3.05, 3.63) is 80.7 Å². The molecular weight excluding hydrogens is 573 g/mol. The Morgan fingerprint density at radius 2 is 1.77 bits per heavy atom. The number of methoxy groups -OCH3 is 1. The molecule has 1 aromatic heterocycles. The highest BCUT2D eigenvalue weighted by atomic mass is 19.2. The van der Waals surface area contributed by atoms with Gasteiger partial charge in [-0.2, -0.15) is 0 Å². The lowest BCUT2D eigenvalue weighted by molar-refractivity contribution is 0.0654. The fraction of sp³-hybridized carbons (Fsp3) is 0.310. The Labute approximate surface area is 242 Å². The molecule has 0 N–H and O–H groups in total. The number of fused-ring (bicyclic) bond motifs is 2. The van der Waals surface area contributed by atoms with E-state index in [1.807, 2.05) is 0 Å². The molecule has 0 atom stereocenters. The van der Waals surface area contributed by atoms with Crippen LogP contribution in [-0.4, -0.2) is 61.5 Å². The smallest absolute Gasteiger partial charge is 0.492 e. The maximum Gasteiger partial charge on any atom is 0.798 e. The zero-order valence-corrected chi connectivity index (χ0v) is 22.9. The molecule has 0 spiro atoms. The van der Waals surface area contributed by atoms with E-state index < -0.39 is 54.4 Å². The molecule has 2 fully saturated rings. The summed E-state index contributed by atoms with van der Waals surface area (Å²) in [6, 6.07) is 6.97. The summed E-state index contributed by atoms with van der Waals surface area (Å²) >= 11 is 0. The molecule has 3 aromatic rings. The van der Waals surface area contributed by atoms with Gasteiger partial charge in [-0.25, -0.2) is 22.2 Å². The van der Waals surface area contributed by atoms with E-state index in [0.717, 1.165) is 17.2 Å². The van der Waals surface area contributed by atoms with Crippen molar-refractivity contribution in [1.29, 1.82) is 0 Å². The Bertz CT molecular complexity index is 1750. The molecule has 0 radical (unpaired) electrons. The molecule has 2 amide bonds. The minimum absolute atomic E-state index is 0.0326. The van der Waals surface area contributed by atoms with E-state index >= 15 is 8.78 Å². The SMILES string of the molecule is COc1c(N2CCC/C(=C(\F)CN3C(=O)c4ccccc4C3=O)C2)c(F)cc2c(=O)c(C(=O)OB(F)F)cn(C3CC3)c12. The van der Waals surface area contributed by atoms with Gasteiger partial charge in [0.2, 0.25) is 5.43 Å². The molecule has 3 aliphatic rings. The van der Waals surface area contributed by atoms with Crippen molar-refractivity contribution in [2.45, 2.75) is 31.7 Å². The number of benzene rings is 2. The van der Waals surface area contributed by atoms with Crippen molar-refractivity contribution in [2.75, 3.05) is 31.6 Å². The number of halogens is 4. The van der Waals surface area contributed by atoms with Crippen LogP contribution in [0.2, 0.25) is 0 Å². The van der Waals surface area contributed by atoms with Gasteiger partial charge in [0.15, 0.2) is 11.6 Å². The third-order valence-corrected chi connectivity index (χ3v) is 7.92. The maximum atomic E-state index is 15.8. The second kappa shape index (κ2) is 10.9. The number of pyridine rings is 1. The number of aromatic nitrogens is 1. The summed E-state index contributed by atoms with van der Waals surface area (Å²) in [6.07, 6.45) is 3.18. The first-order chi connectivity index (χ1) is 20.6. The molecule has 3 heterocycles. The molecule has 43 heavy (non-hydrogen) atoms. The highest BCUT2D eigenvalue weighted by Gasteiger charge is 2.37. The fourth-order valence-corrected chi connectivity index (χ4v) is 5.78. The van der Waals surface area contributed by atoms with E-state index in [1.165, 1.54) is 23.8 Å². The molecule has 6 rings (SSSR count). The van der Waals surface area contributed by atoms with Gasteiger partial charge in [-0.3, -0.25) is 19.3 Å². The van der Waals surface area contributed by atoms with E-state index in [2.05, 4.69) is 4.65 Å². The van der Waals surface area contributed by atoms with Gasteiger partial charge in [0.1, 0.15) is 17.1 Å². The van der Waals surface area contributed by atoms with Crippen LogP contribution in [0, 0.1) is 5.82 Å². The van der Waals surface area contributed by atoms with Crippen LogP contribution in [0.3, 0.4) is 0 Å². The third kappa shape index (κ3) is 4.94. The summed E-state index contributed by atoms with van der Waals surface area (Å²) in [4.78, 5) is 53.3. The minimum atomic E-state index is -3.44. The number of imide groups is 1. The number of hydrogen-bond donors (Lipinski definition) is 0. The quantitative estimate of drug-likeness (QED) is 0.222. The van der Waals surface area contributed by atoms with Crippen LogP contribution in [-0.2, 0) is 4.65 Å². The monoisotopic (exact) mass is 597 g/mol. The van der Waals surface area contributed by atoms with Gasteiger partial charge in [-0.15, -0.1) is 0 Å². The highest BCUT2D eigenvalue weighted by molar-refractivity contribution is 6.38. The Balaban J connectivity index is 1.37. The van der Waals surface area contributed by atoms with Crippen LogP contribution in [0.4, 0.5) is 23.1 Å². The van der Waals surface area contributed by atoms with Gasteiger partial charge in [0.25, 0.3) is 11.8 Å². The first-order valence-electron chi connectivity index (χ1n) is 13.6. The van der Waals surface area contributed by atoms with E-state index in [1.54, 1.807) is 17.0 Å². The van der Waals surface area contributed by atoms with Crippen molar-refractivity contribution < 1.29 is 41.2 Å². The average Bonchev–Trinajstić information content (AvgIpc) is 3.81. The van der Waals surface area contributed by atoms with Gasteiger partial charge >= 0.3 is 13.4 Å². The van der Waals surface area contributed by atoms with E-state index in [0.29, 0.717) is 32.2 Å². The van der Waals surface area contributed by atoms with Gasteiger partial charge in [0.05, 0.1) is 35.7 Å². The summed E-state index contributed by atoms with van der Waals surface area (Å²) in [5, 5.41) is -0.252. The number of carbonyl (C=O) groups excluding carboxylic acids is 3. The fourth-order valence-electron chi connectivity index (χ4n) is 5.78. The van der Waals surface area contributed by atoms with Gasteiger partial charge in [-0.1, -0.05) is 12.1 Å². The second-order valence-electron chi connectivity index (χ2n) is 10.6. The Kier molecular flexibility index (Phi) is 7.22. The number of hydrogen-bond acceptors (Lipinski definition) is 7. The summed E-state index contributed by atoms with van der Waals surface area (Å²) in [5.41, 5.74) is -0.856. The molecule has 14 heteroatoms. The van der Waals surface area contributed by atoms with Crippen molar-refractivity contribution in [3.8, 4) is 5.75 Å². The molecule has 9 nitrogen and oxygen atoms in total. The second-order valence-corrected chi connectivity index (χ2v) is 10.6. The number of amides is 2. The van der Waals surface area contributed by atoms with Crippen LogP contribution in [0.15, 0.2) is 52.7 Å². The van der Waals surface area contributed by atoms with Crippen molar-refractivity contribution in [2.24, 2.45) is 0 Å². The predicted octanol–water partition coefficient (Wildman–Crippen LogP) is 4.68. The zero-order chi connectivity index (χ0) is 30.6. The van der Waals surface area contributed by atoms with Gasteiger partial charge in [-0.05, 0) is 49.5 Å². The van der Waals surface area contributed by atoms with E-state index in [4.69, 9.17) is 4.74 Å². The van der Waals surface area contributed by atoms with Crippen LogP contribution in [0.1, 0.15) is 62.8 Å². The normalized spacial score (nSPS) is 17.8. The molecule has 1 saturated carbocycles. The molecule has 2 aromatic carbocycles. The zero-order valence-electron chi connectivity index (χ0n) is 22.9. The maximum absolute atomic E-state index is 15.8. The number of anilines is 1. The average molecular weight is 597 g/mol. The Morgan fingerprint density at radius 1 is 1.09 bits per heavy atom. The third-order valence-electron chi connectivity index (χ3n) is 7.92. The molecule has 1 aliphatic carbocycles. The molecule has 2 aliphatic heterocycles. The number of rotatable bonds is 7. The largest absolute Gasteiger partial charge is 0.798 e. The number of nitrogens with zero attached hydrogens (tertiary/aromatic N) is 3. The lowest BCUT2D eigenvalue weighted by Crippen LogP contribution is -2.35. The van der Waals surface area contributed by atoms with E-state index in [9.17, 15) is 27.8 Å². The number of carbonyl (C=O) groups is 3. The highest BCUT2D eigenvalue weighted by Crippen LogP contribution is 2.44. The first kappa shape index (κ1) is 28.5.